The first-order chi connectivity index (χ1) is 12.0. The summed E-state index contributed by atoms with van der Waals surface area (Å²) in [5, 5.41) is 3.20. The van der Waals surface area contributed by atoms with Gasteiger partial charge in [-0.05, 0) is 39.0 Å². The fourth-order valence-electron chi connectivity index (χ4n) is 2.75. The summed E-state index contributed by atoms with van der Waals surface area (Å²) in [5.74, 6) is -1.23. The minimum absolute atomic E-state index is 0.131. The molecule has 7 heteroatoms. The molecule has 3 N–H and O–H groups in total. The monoisotopic (exact) mass is 350 g/mol. The zero-order valence-corrected chi connectivity index (χ0v) is 14.9. The minimum atomic E-state index is -0.580. The topological polar surface area (TPSA) is 75.6 Å². The highest BCUT2D eigenvalue weighted by Gasteiger charge is 2.21. The second-order valence-electron chi connectivity index (χ2n) is 5.79. The Balaban J connectivity index is 2.27. The molecule has 0 aliphatic rings. The predicted molar refractivity (Wildman–Crippen MR) is 94.4 cm³/mol. The van der Waals surface area contributed by atoms with Gasteiger partial charge in [-0.3, -0.25) is 4.79 Å². The van der Waals surface area contributed by atoms with Crippen LogP contribution in [0.4, 0.5) is 10.1 Å². The number of aromatic nitrogens is 1. The van der Waals surface area contributed by atoms with Gasteiger partial charge in [0, 0.05) is 10.9 Å². The average Bonchev–Trinajstić information content (AvgIpc) is 2.94. The Bertz CT molecular complexity index is 753. The molecule has 0 radical (unpaired) electrons. The van der Waals surface area contributed by atoms with Crippen LogP contribution in [0.5, 0.6) is 0 Å². The lowest BCUT2D eigenvalue weighted by atomic mass is 10.2. The number of esters is 1. The highest BCUT2D eigenvalue weighted by atomic mass is 19.1. The van der Waals surface area contributed by atoms with Gasteiger partial charge in [0.15, 0.2) is 0 Å². The molecule has 0 unspecified atom stereocenters. The van der Waals surface area contributed by atoms with Crippen LogP contribution in [0.15, 0.2) is 18.2 Å². The van der Waals surface area contributed by atoms with Gasteiger partial charge < -0.3 is 19.9 Å². The molecule has 0 fully saturated rings. The van der Waals surface area contributed by atoms with E-state index in [0.717, 1.165) is 13.1 Å². The molecule has 2 aromatic rings. The van der Waals surface area contributed by atoms with E-state index in [2.05, 4.69) is 24.1 Å². The number of carbonyl (C=O) groups excluding carboxylic acids is 2. The molecule has 0 atom stereocenters. The summed E-state index contributed by atoms with van der Waals surface area (Å²) in [5.41, 5.74) is 0.965. The van der Waals surface area contributed by atoms with E-state index in [9.17, 15) is 14.0 Å². The summed E-state index contributed by atoms with van der Waals surface area (Å²) in [6.45, 7) is 8.62. The molecule has 25 heavy (non-hydrogen) atoms. The predicted octanol–water partition coefficient (Wildman–Crippen LogP) is 1.74. The highest BCUT2D eigenvalue weighted by Crippen LogP contribution is 2.29. The van der Waals surface area contributed by atoms with Crippen molar-refractivity contribution in [3.8, 4) is 0 Å². The Morgan fingerprint density at radius 3 is 2.60 bits per heavy atom. The van der Waals surface area contributed by atoms with Gasteiger partial charge in [0.25, 0.3) is 0 Å². The molecular weight excluding hydrogens is 325 g/mol. The van der Waals surface area contributed by atoms with E-state index in [1.54, 1.807) is 6.92 Å². The molecule has 0 saturated carbocycles. The van der Waals surface area contributed by atoms with Crippen LogP contribution < -0.4 is 10.2 Å². The third-order valence-electron chi connectivity index (χ3n) is 4.21. The van der Waals surface area contributed by atoms with Crippen LogP contribution in [0.3, 0.4) is 0 Å². The van der Waals surface area contributed by atoms with E-state index in [1.807, 2.05) is 0 Å². The van der Waals surface area contributed by atoms with Crippen LogP contribution in [0, 0.1) is 5.82 Å². The second kappa shape index (κ2) is 8.62. The molecule has 1 aromatic carbocycles. The molecule has 136 valence electrons. The highest BCUT2D eigenvalue weighted by molar-refractivity contribution is 6.10. The number of ether oxygens (including phenoxy) is 1. The van der Waals surface area contributed by atoms with Crippen molar-refractivity contribution in [3.05, 3.63) is 29.7 Å². The molecule has 0 spiro atoms. The number of quaternary nitrogens is 1. The van der Waals surface area contributed by atoms with Crippen molar-refractivity contribution in [3.63, 3.8) is 0 Å². The number of hydrogen-bond donors (Lipinski definition) is 3. The molecule has 2 rings (SSSR count). The van der Waals surface area contributed by atoms with Gasteiger partial charge >= 0.3 is 5.97 Å². The number of nitrogens with one attached hydrogen (secondary N) is 3. The van der Waals surface area contributed by atoms with Crippen molar-refractivity contribution in [2.75, 3.05) is 31.6 Å². The van der Waals surface area contributed by atoms with Crippen LogP contribution in [0.25, 0.3) is 10.9 Å². The largest absolute Gasteiger partial charge is 0.461 e. The van der Waals surface area contributed by atoms with E-state index in [-0.39, 0.29) is 23.9 Å². The Kier molecular flexibility index (Phi) is 6.52. The van der Waals surface area contributed by atoms with Crippen molar-refractivity contribution in [2.45, 2.75) is 27.2 Å². The van der Waals surface area contributed by atoms with Crippen molar-refractivity contribution < 1.29 is 23.6 Å². The van der Waals surface area contributed by atoms with E-state index >= 15 is 0 Å². The first kappa shape index (κ1) is 18.9. The number of H-pyrrole nitrogens is 1. The fourth-order valence-corrected chi connectivity index (χ4v) is 2.75. The summed E-state index contributed by atoms with van der Waals surface area (Å²) < 4.78 is 18.6. The number of amides is 1. The van der Waals surface area contributed by atoms with E-state index in [4.69, 9.17) is 4.74 Å². The molecule has 1 heterocycles. The average molecular weight is 350 g/mol. The summed E-state index contributed by atoms with van der Waals surface area (Å²) in [4.78, 5) is 28.7. The normalized spacial score (nSPS) is 11.1. The van der Waals surface area contributed by atoms with Crippen LogP contribution in [-0.4, -0.2) is 43.1 Å². The van der Waals surface area contributed by atoms with Gasteiger partial charge in [0.2, 0.25) is 5.91 Å². The van der Waals surface area contributed by atoms with Gasteiger partial charge in [-0.1, -0.05) is 0 Å². The summed E-state index contributed by atoms with van der Waals surface area (Å²) >= 11 is 0. The van der Waals surface area contributed by atoms with Gasteiger partial charge in [0.05, 0.1) is 38.3 Å². The molecule has 0 aliphatic carbocycles. The summed E-state index contributed by atoms with van der Waals surface area (Å²) in [7, 11) is 0. The Labute approximate surface area is 146 Å². The van der Waals surface area contributed by atoms with E-state index < -0.39 is 11.8 Å². The zero-order valence-electron chi connectivity index (χ0n) is 14.9. The van der Waals surface area contributed by atoms with Crippen molar-refractivity contribution in [2.24, 2.45) is 0 Å². The van der Waals surface area contributed by atoms with E-state index in [0.29, 0.717) is 23.9 Å². The summed E-state index contributed by atoms with van der Waals surface area (Å²) in [6, 6.07) is 4.12. The van der Waals surface area contributed by atoms with Crippen LogP contribution in [0.1, 0.15) is 37.7 Å². The number of carbonyl (C=O) groups is 2. The lowest BCUT2D eigenvalue weighted by Crippen LogP contribution is -3.11. The number of fused-ring (bicyclic) bond motifs is 1. The maximum Gasteiger partial charge on any atom is 0.356 e. The van der Waals surface area contributed by atoms with Gasteiger partial charge in [-0.2, -0.15) is 0 Å². The SMILES string of the molecule is CCOC(=O)c1[nH]c2ccc(F)cc2c1NC(=O)CC[NH+](CC)CC. The van der Waals surface area contributed by atoms with Crippen LogP contribution >= 0.6 is 0 Å². The summed E-state index contributed by atoms with van der Waals surface area (Å²) in [6.07, 6.45) is 0.321. The Hall–Kier alpha value is -2.41. The lowest BCUT2D eigenvalue weighted by molar-refractivity contribution is -0.895. The van der Waals surface area contributed by atoms with E-state index in [1.165, 1.54) is 23.1 Å². The maximum atomic E-state index is 13.6. The second-order valence-corrected chi connectivity index (χ2v) is 5.79. The van der Waals surface area contributed by atoms with Crippen LogP contribution in [0.2, 0.25) is 0 Å². The molecule has 1 amide bonds. The van der Waals surface area contributed by atoms with Crippen molar-refractivity contribution in [1.82, 2.24) is 4.98 Å². The van der Waals surface area contributed by atoms with Gasteiger partial charge in [-0.15, -0.1) is 0 Å². The quantitative estimate of drug-likeness (QED) is 0.635. The van der Waals surface area contributed by atoms with Crippen molar-refractivity contribution in [1.29, 1.82) is 0 Å². The third-order valence-corrected chi connectivity index (χ3v) is 4.21. The smallest absolute Gasteiger partial charge is 0.356 e. The molecule has 0 aliphatic heterocycles. The fraction of sp³-hybridized carbons (Fsp3) is 0.444. The number of hydrogen-bond acceptors (Lipinski definition) is 3. The van der Waals surface area contributed by atoms with Gasteiger partial charge in [-0.25, -0.2) is 9.18 Å². The number of aromatic amines is 1. The molecule has 6 nitrogen and oxygen atoms in total. The maximum absolute atomic E-state index is 13.6. The molecule has 0 saturated heterocycles. The Morgan fingerprint density at radius 1 is 1.24 bits per heavy atom. The van der Waals surface area contributed by atoms with Crippen molar-refractivity contribution >= 4 is 28.5 Å². The van der Waals surface area contributed by atoms with Crippen LogP contribution in [-0.2, 0) is 9.53 Å². The minimum Gasteiger partial charge on any atom is -0.461 e. The number of benzene rings is 1. The molecular formula is C18H25FN3O3+. The lowest BCUT2D eigenvalue weighted by Gasteiger charge is -2.15. The zero-order chi connectivity index (χ0) is 18.4. The first-order valence-electron chi connectivity index (χ1n) is 8.61. The number of anilines is 1. The third kappa shape index (κ3) is 4.57. The first-order valence-corrected chi connectivity index (χ1v) is 8.61. The Morgan fingerprint density at radius 2 is 1.96 bits per heavy atom. The number of rotatable bonds is 8. The molecule has 1 aromatic heterocycles. The molecule has 0 bridgehead atoms. The van der Waals surface area contributed by atoms with Gasteiger partial charge in [0.1, 0.15) is 11.5 Å². The number of halogens is 1. The standard InChI is InChI=1S/C18H24FN3O3/c1-4-22(5-2)10-9-15(23)21-16-13-11-12(19)7-8-14(13)20-17(16)18(24)25-6-3/h7-8,11,20H,4-6,9-10H2,1-3H3,(H,21,23)/p+1.